The minimum atomic E-state index is 0.578. The van der Waals surface area contributed by atoms with Gasteiger partial charge in [-0.3, -0.25) is 0 Å². The summed E-state index contributed by atoms with van der Waals surface area (Å²) in [6, 6.07) is 0. The quantitative estimate of drug-likeness (QED) is 0.553. The van der Waals surface area contributed by atoms with E-state index >= 15 is 0 Å². The molecule has 2 heterocycles. The van der Waals surface area contributed by atoms with Crippen molar-refractivity contribution in [1.82, 2.24) is 35.7 Å². The summed E-state index contributed by atoms with van der Waals surface area (Å²) in [5.41, 5.74) is 0. The van der Waals surface area contributed by atoms with E-state index in [2.05, 4.69) is 38.0 Å². The van der Waals surface area contributed by atoms with Crippen LogP contribution in [0.2, 0.25) is 0 Å². The molecule has 19 heavy (non-hydrogen) atoms. The lowest BCUT2D eigenvalue weighted by atomic mass is 10.5. The summed E-state index contributed by atoms with van der Waals surface area (Å²) >= 11 is 1.49. The summed E-state index contributed by atoms with van der Waals surface area (Å²) in [7, 11) is 0. The smallest absolute Gasteiger partial charge is 0.226 e. The van der Waals surface area contributed by atoms with E-state index in [0.29, 0.717) is 17.5 Å². The number of nitrogens with zero attached hydrogens (tertiary/aromatic N) is 6. The lowest BCUT2D eigenvalue weighted by Gasteiger charge is -2.03. The number of rotatable bonds is 8. The van der Waals surface area contributed by atoms with Crippen LogP contribution in [0.25, 0.3) is 0 Å². The normalized spacial score (nSPS) is 11.1. The fourth-order valence-electron chi connectivity index (χ4n) is 1.42. The molecule has 0 radical (unpaired) electrons. The van der Waals surface area contributed by atoms with Gasteiger partial charge in [0.25, 0.3) is 0 Å². The Morgan fingerprint density at radius 1 is 1.21 bits per heavy atom. The molecule has 0 aliphatic rings. The summed E-state index contributed by atoms with van der Waals surface area (Å²) in [4.78, 5) is 0. The van der Waals surface area contributed by atoms with Crippen LogP contribution in [0.15, 0.2) is 9.57 Å². The van der Waals surface area contributed by atoms with E-state index in [9.17, 15) is 0 Å². The molecule has 0 aliphatic heterocycles. The van der Waals surface area contributed by atoms with Gasteiger partial charge < -0.3 is 9.73 Å². The highest BCUT2D eigenvalue weighted by Gasteiger charge is 2.10. The number of hydrogen-bond acceptors (Lipinski definition) is 8. The van der Waals surface area contributed by atoms with Crippen molar-refractivity contribution in [2.75, 3.05) is 13.1 Å². The first-order chi connectivity index (χ1) is 9.33. The summed E-state index contributed by atoms with van der Waals surface area (Å²) in [6.07, 6.45) is 0.748. The second kappa shape index (κ2) is 7.19. The van der Waals surface area contributed by atoms with Crippen LogP contribution in [0.3, 0.4) is 0 Å². The van der Waals surface area contributed by atoms with Gasteiger partial charge in [0.2, 0.25) is 16.9 Å². The Bertz CT molecular complexity index is 498. The van der Waals surface area contributed by atoms with E-state index in [1.165, 1.54) is 11.8 Å². The first-order valence-corrected chi connectivity index (χ1v) is 7.23. The van der Waals surface area contributed by atoms with E-state index in [1.807, 2.05) is 6.92 Å². The second-order valence-electron chi connectivity index (χ2n) is 3.77. The van der Waals surface area contributed by atoms with Gasteiger partial charge in [-0.25, -0.2) is 4.68 Å². The standard InChI is InChI=1S/C10H17N7OS/c1-3-8-12-13-9(18-8)7-19-10-14-15-16-17(10)6-5-11-4-2/h11H,3-7H2,1-2H3. The van der Waals surface area contributed by atoms with Crippen LogP contribution in [-0.2, 0) is 18.7 Å². The number of likely N-dealkylation sites (N-methyl/N-ethyl adjacent to an activating group) is 1. The van der Waals surface area contributed by atoms with Crippen molar-refractivity contribution in [2.45, 2.75) is 37.7 Å². The predicted molar refractivity (Wildman–Crippen MR) is 69.6 cm³/mol. The van der Waals surface area contributed by atoms with Crippen LogP contribution >= 0.6 is 11.8 Å². The highest BCUT2D eigenvalue weighted by Crippen LogP contribution is 2.18. The van der Waals surface area contributed by atoms with Crippen LogP contribution in [0.5, 0.6) is 0 Å². The average Bonchev–Trinajstić information content (AvgIpc) is 3.05. The summed E-state index contributed by atoms with van der Waals surface area (Å²) in [5, 5.41) is 23.5. The molecule has 2 aromatic rings. The van der Waals surface area contributed by atoms with E-state index in [4.69, 9.17) is 4.42 Å². The van der Waals surface area contributed by atoms with Crippen molar-refractivity contribution in [1.29, 1.82) is 0 Å². The third-order valence-corrected chi connectivity index (χ3v) is 3.33. The SMILES string of the molecule is CCNCCn1nnnc1SCc1nnc(CC)o1. The zero-order chi connectivity index (χ0) is 13.5. The van der Waals surface area contributed by atoms with E-state index in [0.717, 1.165) is 31.2 Å². The molecule has 1 N–H and O–H groups in total. The number of aryl methyl sites for hydroxylation is 1. The van der Waals surface area contributed by atoms with E-state index in [1.54, 1.807) is 4.68 Å². The van der Waals surface area contributed by atoms with E-state index < -0.39 is 0 Å². The molecule has 0 spiro atoms. The van der Waals surface area contributed by atoms with Gasteiger partial charge in [-0.2, -0.15) is 0 Å². The van der Waals surface area contributed by atoms with Crippen molar-refractivity contribution in [3.8, 4) is 0 Å². The molecule has 2 rings (SSSR count). The number of tetrazole rings is 1. The van der Waals surface area contributed by atoms with Gasteiger partial charge in [0.15, 0.2) is 0 Å². The van der Waals surface area contributed by atoms with Crippen LogP contribution in [-0.4, -0.2) is 43.5 Å². The summed E-state index contributed by atoms with van der Waals surface area (Å²) in [6.45, 7) is 6.57. The maximum atomic E-state index is 5.44. The largest absolute Gasteiger partial charge is 0.424 e. The van der Waals surface area contributed by atoms with Crippen molar-refractivity contribution in [3.05, 3.63) is 11.8 Å². The first kappa shape index (κ1) is 13.9. The lowest BCUT2D eigenvalue weighted by molar-refractivity contribution is 0.469. The molecule has 0 fully saturated rings. The Hall–Kier alpha value is -1.48. The Morgan fingerprint density at radius 2 is 2.05 bits per heavy atom. The van der Waals surface area contributed by atoms with Gasteiger partial charge in [-0.05, 0) is 17.0 Å². The van der Waals surface area contributed by atoms with Crippen molar-refractivity contribution in [2.24, 2.45) is 0 Å². The van der Waals surface area contributed by atoms with Crippen molar-refractivity contribution >= 4 is 11.8 Å². The molecule has 0 aliphatic carbocycles. The van der Waals surface area contributed by atoms with Gasteiger partial charge in [-0.15, -0.1) is 15.3 Å². The minimum absolute atomic E-state index is 0.578. The molecular weight excluding hydrogens is 266 g/mol. The maximum Gasteiger partial charge on any atom is 0.226 e. The summed E-state index contributed by atoms with van der Waals surface area (Å²) in [5.74, 6) is 1.83. The minimum Gasteiger partial charge on any atom is -0.424 e. The fraction of sp³-hybridized carbons (Fsp3) is 0.700. The van der Waals surface area contributed by atoms with Gasteiger partial charge in [0, 0.05) is 13.0 Å². The molecule has 0 saturated carbocycles. The average molecular weight is 283 g/mol. The second-order valence-corrected chi connectivity index (χ2v) is 4.71. The third kappa shape index (κ3) is 4.00. The zero-order valence-electron chi connectivity index (χ0n) is 11.0. The Balaban J connectivity index is 1.86. The lowest BCUT2D eigenvalue weighted by Crippen LogP contribution is -2.20. The van der Waals surface area contributed by atoms with Crippen LogP contribution < -0.4 is 5.32 Å². The Kier molecular flexibility index (Phi) is 5.28. The first-order valence-electron chi connectivity index (χ1n) is 6.24. The number of aromatic nitrogens is 6. The van der Waals surface area contributed by atoms with Crippen LogP contribution in [0.1, 0.15) is 25.6 Å². The molecule has 104 valence electrons. The molecule has 9 heteroatoms. The molecule has 8 nitrogen and oxygen atoms in total. The third-order valence-electron chi connectivity index (χ3n) is 2.39. The summed E-state index contributed by atoms with van der Waals surface area (Å²) < 4.78 is 7.20. The molecule has 0 bridgehead atoms. The number of nitrogens with one attached hydrogen (secondary N) is 1. The Labute approximate surface area is 115 Å². The van der Waals surface area contributed by atoms with Crippen LogP contribution in [0, 0.1) is 0 Å². The molecule has 0 unspecified atom stereocenters. The van der Waals surface area contributed by atoms with Gasteiger partial charge >= 0.3 is 0 Å². The Morgan fingerprint density at radius 3 is 2.79 bits per heavy atom. The van der Waals surface area contributed by atoms with Gasteiger partial charge in [0.1, 0.15) is 0 Å². The van der Waals surface area contributed by atoms with Gasteiger partial charge in [0.05, 0.1) is 12.3 Å². The fourth-order valence-corrected chi connectivity index (χ4v) is 2.16. The van der Waals surface area contributed by atoms with E-state index in [-0.39, 0.29) is 0 Å². The van der Waals surface area contributed by atoms with Crippen molar-refractivity contribution in [3.63, 3.8) is 0 Å². The monoisotopic (exact) mass is 283 g/mol. The van der Waals surface area contributed by atoms with Crippen molar-refractivity contribution < 1.29 is 4.42 Å². The molecule has 0 amide bonds. The molecule has 0 aromatic carbocycles. The van der Waals surface area contributed by atoms with Crippen LogP contribution in [0.4, 0.5) is 0 Å². The van der Waals surface area contributed by atoms with Gasteiger partial charge in [-0.1, -0.05) is 25.6 Å². The topological polar surface area (TPSA) is 94.6 Å². The zero-order valence-corrected chi connectivity index (χ0v) is 11.9. The molecule has 2 aromatic heterocycles. The number of thioether (sulfide) groups is 1. The molecule has 0 atom stereocenters. The molecule has 0 saturated heterocycles. The molecular formula is C10H17N7OS. The highest BCUT2D eigenvalue weighted by atomic mass is 32.2. The highest BCUT2D eigenvalue weighted by molar-refractivity contribution is 7.98. The maximum absolute atomic E-state index is 5.44. The number of hydrogen-bond donors (Lipinski definition) is 1. The predicted octanol–water partition coefficient (Wildman–Crippen LogP) is 0.520.